The highest BCUT2D eigenvalue weighted by molar-refractivity contribution is 6.02. The standard InChI is InChI=1S/C41H48O4/c1-11-40(8,9)45-38-24-16-33(26-29(38)6)30(7)32-15-23-37(28(5)25-32)44-36-21-19-35(20-22-36)43-34-17-13-31(14-18-34)39(42)41(10,12-2)27(3)4/h13-26,30H,3,11-12H2,1-2,4-10H3. The molecule has 45 heavy (non-hydrogen) atoms. The first-order valence-electron chi connectivity index (χ1n) is 15.9. The predicted molar refractivity (Wildman–Crippen MR) is 185 cm³/mol. The van der Waals surface area contributed by atoms with Crippen molar-refractivity contribution in [3.05, 3.63) is 125 Å². The van der Waals surface area contributed by atoms with Crippen LogP contribution in [0.25, 0.3) is 0 Å². The average Bonchev–Trinajstić information content (AvgIpc) is 3.03. The molecule has 0 saturated heterocycles. The van der Waals surface area contributed by atoms with E-state index in [1.165, 1.54) is 11.1 Å². The molecule has 0 aliphatic carbocycles. The summed E-state index contributed by atoms with van der Waals surface area (Å²) in [7, 11) is 0. The van der Waals surface area contributed by atoms with Crippen molar-refractivity contribution in [2.75, 3.05) is 0 Å². The van der Waals surface area contributed by atoms with Gasteiger partial charge in [0.2, 0.25) is 0 Å². The second kappa shape index (κ2) is 13.8. The number of ketones is 1. The molecule has 2 atom stereocenters. The van der Waals surface area contributed by atoms with E-state index < -0.39 is 5.41 Å². The first-order valence-corrected chi connectivity index (χ1v) is 15.9. The van der Waals surface area contributed by atoms with Crippen molar-refractivity contribution in [3.8, 4) is 28.7 Å². The van der Waals surface area contributed by atoms with Crippen LogP contribution >= 0.6 is 0 Å². The molecule has 0 saturated carbocycles. The summed E-state index contributed by atoms with van der Waals surface area (Å²) in [5.41, 5.74) is 5.48. The predicted octanol–water partition coefficient (Wildman–Crippen LogP) is 11.8. The van der Waals surface area contributed by atoms with Gasteiger partial charge < -0.3 is 14.2 Å². The molecule has 0 bridgehead atoms. The smallest absolute Gasteiger partial charge is 0.172 e. The van der Waals surface area contributed by atoms with Crippen molar-refractivity contribution < 1.29 is 19.0 Å². The molecule has 0 heterocycles. The minimum absolute atomic E-state index is 0.0780. The van der Waals surface area contributed by atoms with Gasteiger partial charge in [0.25, 0.3) is 0 Å². The van der Waals surface area contributed by atoms with E-state index in [-0.39, 0.29) is 17.3 Å². The fraction of sp³-hybridized carbons (Fsp3) is 0.341. The minimum atomic E-state index is -0.568. The third kappa shape index (κ3) is 7.86. The molecule has 0 spiro atoms. The number of carbonyl (C=O) groups excluding carboxylic acids is 1. The molecule has 0 amide bonds. The van der Waals surface area contributed by atoms with Gasteiger partial charge in [-0.15, -0.1) is 0 Å². The number of hydrogen-bond donors (Lipinski definition) is 0. The van der Waals surface area contributed by atoms with Crippen molar-refractivity contribution in [1.82, 2.24) is 0 Å². The Morgan fingerprint density at radius 1 is 0.711 bits per heavy atom. The van der Waals surface area contributed by atoms with Gasteiger partial charge in [0, 0.05) is 11.5 Å². The monoisotopic (exact) mass is 604 g/mol. The van der Waals surface area contributed by atoms with E-state index >= 15 is 0 Å². The van der Waals surface area contributed by atoms with Crippen LogP contribution in [-0.4, -0.2) is 11.4 Å². The number of Topliss-reactive ketones (excluding diaryl/α,β-unsaturated/α-hetero) is 1. The van der Waals surface area contributed by atoms with Crippen molar-refractivity contribution in [3.63, 3.8) is 0 Å². The highest BCUT2D eigenvalue weighted by Gasteiger charge is 2.32. The van der Waals surface area contributed by atoms with Gasteiger partial charge in [-0.05, 0) is 137 Å². The van der Waals surface area contributed by atoms with Gasteiger partial charge in [-0.3, -0.25) is 4.79 Å². The van der Waals surface area contributed by atoms with Crippen LogP contribution in [0.2, 0.25) is 0 Å². The molecule has 0 aliphatic rings. The maximum absolute atomic E-state index is 13.1. The summed E-state index contributed by atoms with van der Waals surface area (Å²) in [6.45, 7) is 22.7. The lowest BCUT2D eigenvalue weighted by molar-refractivity contribution is 0.0853. The van der Waals surface area contributed by atoms with Crippen LogP contribution in [0.1, 0.15) is 99.8 Å². The molecule has 0 fully saturated rings. The number of benzene rings is 4. The Morgan fingerprint density at radius 3 is 1.62 bits per heavy atom. The van der Waals surface area contributed by atoms with Gasteiger partial charge >= 0.3 is 0 Å². The lowest BCUT2D eigenvalue weighted by Gasteiger charge is -2.27. The van der Waals surface area contributed by atoms with Gasteiger partial charge in [0.15, 0.2) is 5.78 Å². The summed E-state index contributed by atoms with van der Waals surface area (Å²) in [6.07, 6.45) is 1.66. The van der Waals surface area contributed by atoms with E-state index in [1.54, 1.807) is 0 Å². The van der Waals surface area contributed by atoms with E-state index in [0.29, 0.717) is 23.5 Å². The fourth-order valence-corrected chi connectivity index (χ4v) is 5.16. The normalized spacial score (nSPS) is 13.4. The van der Waals surface area contributed by atoms with E-state index in [0.717, 1.165) is 40.4 Å². The zero-order valence-corrected chi connectivity index (χ0v) is 28.4. The Balaban J connectivity index is 1.39. The molecule has 0 N–H and O–H groups in total. The molecule has 236 valence electrons. The fourth-order valence-electron chi connectivity index (χ4n) is 5.16. The van der Waals surface area contributed by atoms with Gasteiger partial charge in [0.05, 0.1) is 5.41 Å². The second-order valence-corrected chi connectivity index (χ2v) is 13.0. The van der Waals surface area contributed by atoms with Gasteiger partial charge in [0.1, 0.15) is 34.3 Å². The lowest BCUT2D eigenvalue weighted by atomic mass is 9.75. The molecule has 2 unspecified atom stereocenters. The topological polar surface area (TPSA) is 44.8 Å². The highest BCUT2D eigenvalue weighted by Crippen LogP contribution is 2.36. The molecule has 0 aromatic heterocycles. The number of rotatable bonds is 13. The van der Waals surface area contributed by atoms with Crippen LogP contribution in [0.5, 0.6) is 28.7 Å². The summed E-state index contributed by atoms with van der Waals surface area (Å²) >= 11 is 0. The largest absolute Gasteiger partial charge is 0.488 e. The van der Waals surface area contributed by atoms with Crippen LogP contribution < -0.4 is 14.2 Å². The molecule has 4 nitrogen and oxygen atoms in total. The number of allylic oxidation sites excluding steroid dienone is 1. The van der Waals surface area contributed by atoms with Crippen LogP contribution in [-0.2, 0) is 0 Å². The Hall–Kier alpha value is -4.31. The Labute approximate surface area is 270 Å². The van der Waals surface area contributed by atoms with Crippen LogP contribution in [0.4, 0.5) is 0 Å². The van der Waals surface area contributed by atoms with Crippen LogP contribution in [0, 0.1) is 19.3 Å². The Morgan fingerprint density at radius 2 is 1.18 bits per heavy atom. The molecule has 0 aliphatic heterocycles. The third-order valence-electron chi connectivity index (χ3n) is 9.19. The molecule has 4 rings (SSSR count). The first-order chi connectivity index (χ1) is 21.3. The quantitative estimate of drug-likeness (QED) is 0.112. The van der Waals surface area contributed by atoms with E-state index in [1.807, 2.05) is 75.4 Å². The summed E-state index contributed by atoms with van der Waals surface area (Å²) in [5, 5.41) is 0. The summed E-state index contributed by atoms with van der Waals surface area (Å²) < 4.78 is 18.5. The zero-order valence-electron chi connectivity index (χ0n) is 28.4. The van der Waals surface area contributed by atoms with Gasteiger partial charge in [-0.25, -0.2) is 0 Å². The molecule has 4 heteroatoms. The number of carbonyl (C=O) groups is 1. The highest BCUT2D eigenvalue weighted by atomic mass is 16.5. The molecule has 4 aromatic carbocycles. The number of aryl methyl sites for hydroxylation is 2. The van der Waals surface area contributed by atoms with E-state index in [4.69, 9.17) is 14.2 Å². The second-order valence-electron chi connectivity index (χ2n) is 13.0. The van der Waals surface area contributed by atoms with Crippen molar-refractivity contribution in [2.45, 2.75) is 86.7 Å². The van der Waals surface area contributed by atoms with Gasteiger partial charge in [-0.1, -0.05) is 57.2 Å². The summed E-state index contributed by atoms with van der Waals surface area (Å²) in [6, 6.07) is 27.7. The summed E-state index contributed by atoms with van der Waals surface area (Å²) in [5.74, 6) is 4.15. The zero-order chi connectivity index (χ0) is 32.9. The van der Waals surface area contributed by atoms with Gasteiger partial charge in [-0.2, -0.15) is 0 Å². The summed E-state index contributed by atoms with van der Waals surface area (Å²) in [4.78, 5) is 13.1. The first kappa shape index (κ1) is 33.6. The van der Waals surface area contributed by atoms with E-state index in [9.17, 15) is 4.79 Å². The maximum atomic E-state index is 13.1. The van der Waals surface area contributed by atoms with E-state index in [2.05, 4.69) is 78.5 Å². The molecule has 0 radical (unpaired) electrons. The molecule has 4 aromatic rings. The number of ether oxygens (including phenoxy) is 3. The maximum Gasteiger partial charge on any atom is 0.172 e. The van der Waals surface area contributed by atoms with Crippen LogP contribution in [0.15, 0.2) is 97.1 Å². The van der Waals surface area contributed by atoms with Crippen molar-refractivity contribution in [2.24, 2.45) is 5.41 Å². The van der Waals surface area contributed by atoms with Crippen molar-refractivity contribution in [1.29, 1.82) is 0 Å². The molecular weight excluding hydrogens is 556 g/mol. The third-order valence-corrected chi connectivity index (χ3v) is 9.19. The Kier molecular flexibility index (Phi) is 10.3. The minimum Gasteiger partial charge on any atom is -0.488 e. The van der Waals surface area contributed by atoms with Crippen LogP contribution in [0.3, 0.4) is 0 Å². The molecular formula is C41H48O4. The van der Waals surface area contributed by atoms with Crippen molar-refractivity contribution >= 4 is 5.78 Å². The lowest BCUT2D eigenvalue weighted by Crippen LogP contribution is -2.28. The SMILES string of the molecule is C=C(C)C(C)(CC)C(=O)c1ccc(Oc2ccc(Oc3ccc(C(C)c4ccc(OC(C)(C)CC)c(C)c4)cc3C)cc2)cc1. The average molecular weight is 605 g/mol. The Bertz CT molecular complexity index is 1650. The number of hydrogen-bond acceptors (Lipinski definition) is 4.